The van der Waals surface area contributed by atoms with Gasteiger partial charge in [-0.05, 0) is 33.6 Å². The third-order valence-corrected chi connectivity index (χ3v) is 4.55. The van der Waals surface area contributed by atoms with Gasteiger partial charge in [0.05, 0.1) is 0 Å². The molecule has 2 amide bonds. The minimum absolute atomic E-state index is 0.0965. The molecule has 130 valence electrons. The highest BCUT2D eigenvalue weighted by Crippen LogP contribution is 2.28. The Labute approximate surface area is 140 Å². The maximum absolute atomic E-state index is 11.7. The van der Waals surface area contributed by atoms with Crippen LogP contribution in [0.15, 0.2) is 6.20 Å². The molecule has 0 radical (unpaired) electrons. The molecular weight excluding hydrogens is 288 g/mol. The maximum Gasteiger partial charge on any atom is 0.314 e. The van der Waals surface area contributed by atoms with E-state index in [0.29, 0.717) is 12.6 Å². The molecular formula is C18H32N4O. The third-order valence-electron chi connectivity index (χ3n) is 4.55. The van der Waals surface area contributed by atoms with Crippen LogP contribution in [-0.4, -0.2) is 28.2 Å². The first-order valence-electron chi connectivity index (χ1n) is 9.15. The fraction of sp³-hybridized carbons (Fsp3) is 0.778. The summed E-state index contributed by atoms with van der Waals surface area (Å²) in [5, 5.41) is 5.77. The second-order valence-electron chi connectivity index (χ2n) is 6.99. The normalized spacial score (nSPS) is 16.9. The van der Waals surface area contributed by atoms with Crippen LogP contribution in [0.1, 0.15) is 76.4 Å². The van der Waals surface area contributed by atoms with Crippen LogP contribution in [-0.2, 0) is 6.42 Å². The van der Waals surface area contributed by atoms with Crippen molar-refractivity contribution < 1.29 is 4.79 Å². The Morgan fingerprint density at radius 2 is 1.91 bits per heavy atom. The lowest BCUT2D eigenvalue weighted by molar-refractivity contribution is 0.238. The fourth-order valence-corrected chi connectivity index (χ4v) is 3.47. The van der Waals surface area contributed by atoms with E-state index in [1.54, 1.807) is 0 Å². The molecule has 23 heavy (non-hydrogen) atoms. The van der Waals surface area contributed by atoms with Crippen LogP contribution >= 0.6 is 0 Å². The van der Waals surface area contributed by atoms with Gasteiger partial charge in [0.15, 0.2) is 0 Å². The van der Waals surface area contributed by atoms with Crippen molar-refractivity contribution in [3.8, 4) is 0 Å². The van der Waals surface area contributed by atoms with E-state index in [-0.39, 0.29) is 12.1 Å². The number of carbonyl (C=O) groups is 1. The summed E-state index contributed by atoms with van der Waals surface area (Å²) in [6, 6.07) is 0.646. The Balaban J connectivity index is 1.93. The van der Waals surface area contributed by atoms with Gasteiger partial charge in [-0.25, -0.2) is 9.78 Å². The molecule has 1 heterocycles. The number of nitrogens with zero attached hydrogens (tertiary/aromatic N) is 2. The summed E-state index contributed by atoms with van der Waals surface area (Å²) >= 11 is 0. The highest BCUT2D eigenvalue weighted by atomic mass is 16.2. The average molecular weight is 320 g/mol. The van der Waals surface area contributed by atoms with Crippen molar-refractivity contribution >= 4 is 6.03 Å². The minimum atomic E-state index is -0.0965. The molecule has 1 aliphatic rings. The first kappa shape index (κ1) is 17.8. The molecule has 1 aliphatic carbocycles. The van der Waals surface area contributed by atoms with Gasteiger partial charge in [0.1, 0.15) is 5.82 Å². The Morgan fingerprint density at radius 1 is 1.26 bits per heavy atom. The second-order valence-corrected chi connectivity index (χ2v) is 6.99. The number of hydrogen-bond donors (Lipinski definition) is 2. The molecule has 1 aromatic rings. The van der Waals surface area contributed by atoms with Gasteiger partial charge in [-0.2, -0.15) is 0 Å². The van der Waals surface area contributed by atoms with Crippen molar-refractivity contribution in [1.82, 2.24) is 20.2 Å². The van der Waals surface area contributed by atoms with Crippen LogP contribution < -0.4 is 10.6 Å². The molecule has 0 aromatic carbocycles. The van der Waals surface area contributed by atoms with Crippen molar-refractivity contribution in [2.75, 3.05) is 6.54 Å². The molecule has 1 saturated carbocycles. The number of urea groups is 1. The summed E-state index contributed by atoms with van der Waals surface area (Å²) < 4.78 is 2.42. The lowest BCUT2D eigenvalue weighted by atomic mass is 9.96. The maximum atomic E-state index is 11.7. The van der Waals surface area contributed by atoms with Crippen molar-refractivity contribution in [1.29, 1.82) is 0 Å². The van der Waals surface area contributed by atoms with Crippen molar-refractivity contribution in [2.45, 2.75) is 84.2 Å². The summed E-state index contributed by atoms with van der Waals surface area (Å²) in [5.74, 6) is 1.11. The highest BCUT2D eigenvalue weighted by molar-refractivity contribution is 5.74. The number of aromatic nitrogens is 2. The van der Waals surface area contributed by atoms with E-state index in [9.17, 15) is 4.79 Å². The summed E-state index contributed by atoms with van der Waals surface area (Å²) in [4.78, 5) is 16.3. The monoisotopic (exact) mass is 320 g/mol. The van der Waals surface area contributed by atoms with Gasteiger partial charge < -0.3 is 15.2 Å². The molecule has 0 aliphatic heterocycles. The van der Waals surface area contributed by atoms with Gasteiger partial charge in [-0.15, -0.1) is 0 Å². The number of hydrogen-bond acceptors (Lipinski definition) is 2. The zero-order chi connectivity index (χ0) is 16.7. The van der Waals surface area contributed by atoms with Gasteiger partial charge in [-0.1, -0.05) is 32.1 Å². The van der Waals surface area contributed by atoms with Crippen LogP contribution in [0, 0.1) is 6.92 Å². The van der Waals surface area contributed by atoms with Crippen LogP contribution in [0.5, 0.6) is 0 Å². The van der Waals surface area contributed by atoms with E-state index < -0.39 is 0 Å². The number of amides is 2. The topological polar surface area (TPSA) is 59.0 Å². The van der Waals surface area contributed by atoms with Crippen molar-refractivity contribution in [2.24, 2.45) is 0 Å². The standard InChI is InChI=1S/C18H32N4O/c1-14(2)21-18(23)19-12-11-17-20-13-15(3)22(17)16-9-7-5-4-6-8-10-16/h13-14,16H,4-12H2,1-3H3,(H2,19,21,23). The molecule has 0 unspecified atom stereocenters. The molecule has 5 heteroatoms. The fourth-order valence-electron chi connectivity index (χ4n) is 3.47. The molecule has 1 fully saturated rings. The SMILES string of the molecule is Cc1cnc(CCNC(=O)NC(C)C)n1C1CCCCCCC1. The van der Waals surface area contributed by atoms with Crippen LogP contribution in [0.25, 0.3) is 0 Å². The summed E-state index contributed by atoms with van der Waals surface area (Å²) in [6.45, 7) is 6.70. The quantitative estimate of drug-likeness (QED) is 0.868. The average Bonchev–Trinajstić information content (AvgIpc) is 2.79. The van der Waals surface area contributed by atoms with E-state index in [0.717, 1.165) is 12.2 Å². The third kappa shape index (κ3) is 5.56. The van der Waals surface area contributed by atoms with Crippen LogP contribution in [0.2, 0.25) is 0 Å². The lowest BCUT2D eigenvalue weighted by Crippen LogP contribution is -2.40. The van der Waals surface area contributed by atoms with Crippen molar-refractivity contribution in [3.05, 3.63) is 17.7 Å². The highest BCUT2D eigenvalue weighted by Gasteiger charge is 2.18. The number of aryl methyl sites for hydroxylation is 1. The van der Waals surface area contributed by atoms with Crippen LogP contribution in [0.3, 0.4) is 0 Å². The number of rotatable bonds is 5. The summed E-state index contributed by atoms with van der Waals surface area (Å²) in [7, 11) is 0. The lowest BCUT2D eigenvalue weighted by Gasteiger charge is -2.24. The first-order chi connectivity index (χ1) is 11.1. The second kappa shape index (κ2) is 8.94. The predicted molar refractivity (Wildman–Crippen MR) is 93.7 cm³/mol. The number of carbonyl (C=O) groups excluding carboxylic acids is 1. The van der Waals surface area contributed by atoms with E-state index >= 15 is 0 Å². The zero-order valence-corrected chi connectivity index (χ0v) is 14.9. The Kier molecular flexibility index (Phi) is 6.93. The van der Waals surface area contributed by atoms with Gasteiger partial charge >= 0.3 is 6.03 Å². The summed E-state index contributed by atoms with van der Waals surface area (Å²) in [5.41, 5.74) is 1.25. The molecule has 0 saturated heterocycles. The molecule has 0 atom stereocenters. The molecule has 2 rings (SSSR count). The number of imidazole rings is 1. The van der Waals surface area contributed by atoms with Gasteiger partial charge in [0.25, 0.3) is 0 Å². The first-order valence-corrected chi connectivity index (χ1v) is 9.15. The molecule has 0 bridgehead atoms. The van der Waals surface area contributed by atoms with E-state index in [1.807, 2.05) is 20.0 Å². The van der Waals surface area contributed by atoms with Crippen molar-refractivity contribution in [3.63, 3.8) is 0 Å². The minimum Gasteiger partial charge on any atom is -0.338 e. The number of nitrogens with one attached hydrogen (secondary N) is 2. The zero-order valence-electron chi connectivity index (χ0n) is 14.9. The van der Waals surface area contributed by atoms with Crippen LogP contribution in [0.4, 0.5) is 4.79 Å². The Bertz CT molecular complexity index is 487. The molecule has 0 spiro atoms. The smallest absolute Gasteiger partial charge is 0.314 e. The molecule has 5 nitrogen and oxygen atoms in total. The summed E-state index contributed by atoms with van der Waals surface area (Å²) in [6.07, 6.45) is 12.0. The van der Waals surface area contributed by atoms with Gasteiger partial charge in [0.2, 0.25) is 0 Å². The largest absolute Gasteiger partial charge is 0.338 e. The van der Waals surface area contributed by atoms with Gasteiger partial charge in [0, 0.05) is 36.9 Å². The van der Waals surface area contributed by atoms with Gasteiger partial charge in [-0.3, -0.25) is 0 Å². The molecule has 2 N–H and O–H groups in total. The Morgan fingerprint density at radius 3 is 2.57 bits per heavy atom. The van der Waals surface area contributed by atoms with E-state index in [2.05, 4.69) is 27.1 Å². The molecule has 1 aromatic heterocycles. The van der Waals surface area contributed by atoms with E-state index in [1.165, 1.54) is 50.6 Å². The Hall–Kier alpha value is -1.52. The van der Waals surface area contributed by atoms with E-state index in [4.69, 9.17) is 0 Å². The predicted octanol–water partition coefficient (Wildman–Crippen LogP) is 3.73.